The van der Waals surface area contributed by atoms with E-state index in [1.165, 1.54) is 4.90 Å². The number of likely N-dealkylation sites (tertiary alicyclic amines) is 1. The van der Waals surface area contributed by atoms with Gasteiger partial charge < -0.3 is 10.2 Å². The van der Waals surface area contributed by atoms with E-state index in [-0.39, 0.29) is 24.9 Å². The minimum Gasteiger partial charge on any atom is -0.342 e. The summed E-state index contributed by atoms with van der Waals surface area (Å²) >= 11 is 0. The largest absolute Gasteiger partial charge is 0.393 e. The van der Waals surface area contributed by atoms with Gasteiger partial charge in [0.05, 0.1) is 5.92 Å². The molecule has 104 valence electrons. The SMILES string of the molecule is O=C(CC1CCCN1)N1CCCC(C(F)(F)F)C1. The number of piperidine rings is 1. The number of halogens is 3. The molecule has 0 saturated carbocycles. The minimum atomic E-state index is -4.18. The Balaban J connectivity index is 1.86. The van der Waals surface area contributed by atoms with E-state index in [4.69, 9.17) is 0 Å². The smallest absolute Gasteiger partial charge is 0.342 e. The van der Waals surface area contributed by atoms with Crippen molar-refractivity contribution in [2.75, 3.05) is 19.6 Å². The maximum Gasteiger partial charge on any atom is 0.393 e. The maximum atomic E-state index is 12.6. The molecule has 0 aromatic heterocycles. The first kappa shape index (κ1) is 13.6. The van der Waals surface area contributed by atoms with Crippen LogP contribution in [0.3, 0.4) is 0 Å². The third-order valence-electron chi connectivity index (χ3n) is 3.82. The van der Waals surface area contributed by atoms with Crippen LogP contribution in [0.15, 0.2) is 0 Å². The molecule has 2 fully saturated rings. The van der Waals surface area contributed by atoms with Crippen LogP contribution in [0.4, 0.5) is 13.2 Å². The lowest BCUT2D eigenvalue weighted by Gasteiger charge is -2.34. The average Bonchev–Trinajstić information content (AvgIpc) is 2.81. The normalized spacial score (nSPS) is 29.6. The lowest BCUT2D eigenvalue weighted by Crippen LogP contribution is -2.45. The number of alkyl halides is 3. The molecule has 2 aliphatic rings. The predicted molar refractivity (Wildman–Crippen MR) is 61.0 cm³/mol. The molecule has 18 heavy (non-hydrogen) atoms. The molecule has 0 bridgehead atoms. The Bertz CT molecular complexity index is 300. The number of nitrogens with zero attached hydrogens (tertiary/aromatic N) is 1. The van der Waals surface area contributed by atoms with Crippen LogP contribution in [0.1, 0.15) is 32.1 Å². The van der Waals surface area contributed by atoms with Gasteiger partial charge in [0.15, 0.2) is 0 Å². The summed E-state index contributed by atoms with van der Waals surface area (Å²) in [7, 11) is 0. The summed E-state index contributed by atoms with van der Waals surface area (Å²) in [6.45, 7) is 1.22. The van der Waals surface area contributed by atoms with Crippen molar-refractivity contribution in [2.24, 2.45) is 5.92 Å². The van der Waals surface area contributed by atoms with E-state index in [1.807, 2.05) is 0 Å². The van der Waals surface area contributed by atoms with E-state index in [0.717, 1.165) is 19.4 Å². The highest BCUT2D eigenvalue weighted by molar-refractivity contribution is 5.77. The molecule has 2 heterocycles. The molecule has 3 nitrogen and oxygen atoms in total. The van der Waals surface area contributed by atoms with Gasteiger partial charge in [0.2, 0.25) is 5.91 Å². The molecule has 0 radical (unpaired) electrons. The average molecular weight is 264 g/mol. The summed E-state index contributed by atoms with van der Waals surface area (Å²) in [5.41, 5.74) is 0. The minimum absolute atomic E-state index is 0.136. The molecule has 2 unspecified atom stereocenters. The second-order valence-corrected chi connectivity index (χ2v) is 5.22. The molecular formula is C12H19F3N2O. The Hall–Kier alpha value is -0.780. The zero-order chi connectivity index (χ0) is 13.2. The first-order chi connectivity index (χ1) is 8.47. The van der Waals surface area contributed by atoms with Gasteiger partial charge in [0, 0.05) is 25.6 Å². The van der Waals surface area contributed by atoms with E-state index >= 15 is 0 Å². The third kappa shape index (κ3) is 3.37. The Kier molecular flexibility index (Phi) is 4.14. The first-order valence-electron chi connectivity index (χ1n) is 6.54. The summed E-state index contributed by atoms with van der Waals surface area (Å²) in [6, 6.07) is 0.156. The molecule has 0 aliphatic carbocycles. The lowest BCUT2D eigenvalue weighted by molar-refractivity contribution is -0.188. The van der Waals surface area contributed by atoms with Gasteiger partial charge >= 0.3 is 6.18 Å². The summed E-state index contributed by atoms with van der Waals surface area (Å²) in [5.74, 6) is -1.48. The highest BCUT2D eigenvalue weighted by Crippen LogP contribution is 2.33. The van der Waals surface area contributed by atoms with Gasteiger partial charge in [-0.3, -0.25) is 4.79 Å². The van der Waals surface area contributed by atoms with Crippen molar-refractivity contribution in [3.63, 3.8) is 0 Å². The van der Waals surface area contributed by atoms with Crippen molar-refractivity contribution in [3.05, 3.63) is 0 Å². The predicted octanol–water partition coefficient (Wildman–Crippen LogP) is 1.93. The summed E-state index contributed by atoms with van der Waals surface area (Å²) in [5, 5.41) is 3.20. The number of carbonyl (C=O) groups excluding carboxylic acids is 1. The quantitative estimate of drug-likeness (QED) is 0.826. The molecule has 1 amide bonds. The van der Waals surface area contributed by atoms with Gasteiger partial charge in [-0.15, -0.1) is 0 Å². The number of amides is 1. The van der Waals surface area contributed by atoms with Crippen LogP contribution in [0.25, 0.3) is 0 Å². The molecule has 2 saturated heterocycles. The Morgan fingerprint density at radius 3 is 2.67 bits per heavy atom. The zero-order valence-electron chi connectivity index (χ0n) is 10.3. The Morgan fingerprint density at radius 1 is 1.28 bits per heavy atom. The molecule has 0 spiro atoms. The molecule has 2 atom stereocenters. The van der Waals surface area contributed by atoms with Gasteiger partial charge in [-0.1, -0.05) is 0 Å². The van der Waals surface area contributed by atoms with E-state index in [1.54, 1.807) is 0 Å². The van der Waals surface area contributed by atoms with Crippen LogP contribution < -0.4 is 5.32 Å². The van der Waals surface area contributed by atoms with Crippen LogP contribution in [-0.4, -0.2) is 42.7 Å². The number of hydrogen-bond donors (Lipinski definition) is 1. The molecule has 2 aliphatic heterocycles. The monoisotopic (exact) mass is 264 g/mol. The Labute approximate surface area is 105 Å². The van der Waals surface area contributed by atoms with Crippen LogP contribution in [0, 0.1) is 5.92 Å². The number of nitrogens with one attached hydrogen (secondary N) is 1. The first-order valence-corrected chi connectivity index (χ1v) is 6.54. The van der Waals surface area contributed by atoms with Crippen molar-refractivity contribution in [1.29, 1.82) is 0 Å². The van der Waals surface area contributed by atoms with Crippen LogP contribution in [0.2, 0.25) is 0 Å². The van der Waals surface area contributed by atoms with Gasteiger partial charge in [0.25, 0.3) is 0 Å². The fourth-order valence-electron chi connectivity index (χ4n) is 2.74. The molecule has 0 aromatic carbocycles. The van der Waals surface area contributed by atoms with Crippen molar-refractivity contribution in [3.8, 4) is 0 Å². The lowest BCUT2D eigenvalue weighted by atomic mass is 9.97. The van der Waals surface area contributed by atoms with Crippen LogP contribution >= 0.6 is 0 Å². The van der Waals surface area contributed by atoms with Crippen LogP contribution in [0.5, 0.6) is 0 Å². The number of rotatable bonds is 2. The molecule has 6 heteroatoms. The van der Waals surface area contributed by atoms with E-state index in [2.05, 4.69) is 5.32 Å². The number of hydrogen-bond acceptors (Lipinski definition) is 2. The van der Waals surface area contributed by atoms with Crippen molar-refractivity contribution >= 4 is 5.91 Å². The van der Waals surface area contributed by atoms with Crippen molar-refractivity contribution in [2.45, 2.75) is 44.3 Å². The molecule has 0 aromatic rings. The van der Waals surface area contributed by atoms with Crippen LogP contribution in [-0.2, 0) is 4.79 Å². The molecular weight excluding hydrogens is 245 g/mol. The fourth-order valence-corrected chi connectivity index (χ4v) is 2.74. The highest BCUT2D eigenvalue weighted by atomic mass is 19.4. The summed E-state index contributed by atoms with van der Waals surface area (Å²) < 4.78 is 37.9. The molecule has 1 N–H and O–H groups in total. The fraction of sp³-hybridized carbons (Fsp3) is 0.917. The second kappa shape index (κ2) is 5.47. The van der Waals surface area contributed by atoms with E-state index < -0.39 is 12.1 Å². The zero-order valence-corrected chi connectivity index (χ0v) is 10.3. The van der Waals surface area contributed by atoms with E-state index in [9.17, 15) is 18.0 Å². The van der Waals surface area contributed by atoms with Crippen molar-refractivity contribution in [1.82, 2.24) is 10.2 Å². The summed E-state index contributed by atoms with van der Waals surface area (Å²) in [4.78, 5) is 13.3. The topological polar surface area (TPSA) is 32.3 Å². The Morgan fingerprint density at radius 2 is 2.06 bits per heavy atom. The van der Waals surface area contributed by atoms with Gasteiger partial charge in [-0.05, 0) is 32.2 Å². The van der Waals surface area contributed by atoms with Gasteiger partial charge in [-0.2, -0.15) is 13.2 Å². The second-order valence-electron chi connectivity index (χ2n) is 5.22. The highest BCUT2D eigenvalue weighted by Gasteiger charge is 2.42. The van der Waals surface area contributed by atoms with Gasteiger partial charge in [0.1, 0.15) is 0 Å². The van der Waals surface area contributed by atoms with E-state index in [0.29, 0.717) is 19.4 Å². The third-order valence-corrected chi connectivity index (χ3v) is 3.82. The molecule has 2 rings (SSSR count). The maximum absolute atomic E-state index is 12.6. The van der Waals surface area contributed by atoms with Gasteiger partial charge in [-0.25, -0.2) is 0 Å². The summed E-state index contributed by atoms with van der Waals surface area (Å²) in [6.07, 6.45) is -1.25. The number of carbonyl (C=O) groups is 1. The standard InChI is InChI=1S/C12H19F3N2O/c13-12(14,15)9-3-2-6-17(8-9)11(18)7-10-4-1-5-16-10/h9-10,16H,1-8H2. The van der Waals surface area contributed by atoms with Crippen molar-refractivity contribution < 1.29 is 18.0 Å².